The Morgan fingerprint density at radius 1 is 1.45 bits per heavy atom. The van der Waals surface area contributed by atoms with Crippen LogP contribution in [0, 0.1) is 12.7 Å². The monoisotopic (exact) mass is 282 g/mol. The number of halogens is 1. The van der Waals surface area contributed by atoms with Gasteiger partial charge in [0.1, 0.15) is 5.82 Å². The highest BCUT2D eigenvalue weighted by Crippen LogP contribution is 2.10. The Labute approximate surface area is 117 Å². The number of hydrogen-bond acceptors (Lipinski definition) is 3. The van der Waals surface area contributed by atoms with Crippen LogP contribution >= 0.6 is 0 Å². The molecule has 0 saturated carbocycles. The summed E-state index contributed by atoms with van der Waals surface area (Å²) in [5.74, 6) is -1.63. The minimum atomic E-state index is -0.977. The smallest absolute Gasteiger partial charge is 0.303 e. The molecule has 6 heteroatoms. The third kappa shape index (κ3) is 5.36. The summed E-state index contributed by atoms with van der Waals surface area (Å²) in [5.41, 5.74) is 7.35. The third-order valence-electron chi connectivity index (χ3n) is 3.00. The number of carboxylic acid groups (broad SMARTS) is 1. The number of nitrogens with one attached hydrogen (secondary N) is 1. The molecular weight excluding hydrogens is 263 g/mol. The molecule has 0 saturated heterocycles. The molecule has 1 atom stereocenters. The van der Waals surface area contributed by atoms with E-state index >= 15 is 0 Å². The second-order valence-electron chi connectivity index (χ2n) is 4.65. The molecule has 0 radical (unpaired) electrons. The van der Waals surface area contributed by atoms with Gasteiger partial charge in [0.05, 0.1) is 6.04 Å². The van der Waals surface area contributed by atoms with Crippen molar-refractivity contribution in [3.8, 4) is 0 Å². The van der Waals surface area contributed by atoms with E-state index in [1.165, 1.54) is 12.1 Å². The highest BCUT2D eigenvalue weighted by Gasteiger charge is 2.14. The molecule has 0 aliphatic rings. The van der Waals surface area contributed by atoms with Crippen molar-refractivity contribution in [2.24, 2.45) is 5.73 Å². The molecule has 1 amide bonds. The number of amides is 1. The lowest BCUT2D eigenvalue weighted by Gasteiger charge is -2.12. The first-order valence-corrected chi connectivity index (χ1v) is 6.40. The molecule has 4 N–H and O–H groups in total. The SMILES string of the molecule is Cc1cc(F)ccc1CCNC(=O)C(N)CCC(=O)O. The van der Waals surface area contributed by atoms with Gasteiger partial charge in [-0.2, -0.15) is 0 Å². The maximum Gasteiger partial charge on any atom is 0.303 e. The highest BCUT2D eigenvalue weighted by molar-refractivity contribution is 5.82. The van der Waals surface area contributed by atoms with Crippen LogP contribution in [0.5, 0.6) is 0 Å². The van der Waals surface area contributed by atoms with Crippen LogP contribution in [0.1, 0.15) is 24.0 Å². The average molecular weight is 282 g/mol. The number of benzene rings is 1. The van der Waals surface area contributed by atoms with Gasteiger partial charge in [-0.1, -0.05) is 6.07 Å². The molecule has 1 aromatic rings. The van der Waals surface area contributed by atoms with Gasteiger partial charge in [0, 0.05) is 13.0 Å². The molecule has 0 heterocycles. The molecule has 5 nitrogen and oxygen atoms in total. The van der Waals surface area contributed by atoms with E-state index < -0.39 is 12.0 Å². The van der Waals surface area contributed by atoms with E-state index in [9.17, 15) is 14.0 Å². The minimum absolute atomic E-state index is 0.108. The van der Waals surface area contributed by atoms with Crippen molar-refractivity contribution < 1.29 is 19.1 Å². The molecule has 0 aromatic heterocycles. The molecule has 0 fully saturated rings. The summed E-state index contributed by atoms with van der Waals surface area (Å²) in [6.07, 6.45) is 0.548. The van der Waals surface area contributed by atoms with Crippen molar-refractivity contribution >= 4 is 11.9 Å². The van der Waals surface area contributed by atoms with Crippen LogP contribution in [0.25, 0.3) is 0 Å². The van der Waals surface area contributed by atoms with Crippen LogP contribution in [-0.2, 0) is 16.0 Å². The Bertz CT molecular complexity index is 491. The van der Waals surface area contributed by atoms with Gasteiger partial charge in [-0.05, 0) is 43.0 Å². The maximum absolute atomic E-state index is 12.9. The number of aryl methyl sites for hydroxylation is 1. The molecule has 0 spiro atoms. The number of rotatable bonds is 7. The third-order valence-corrected chi connectivity index (χ3v) is 3.00. The molecule has 1 unspecified atom stereocenters. The zero-order chi connectivity index (χ0) is 15.1. The van der Waals surface area contributed by atoms with Crippen LogP contribution in [0.15, 0.2) is 18.2 Å². The fourth-order valence-electron chi connectivity index (χ4n) is 1.80. The molecule has 0 aliphatic heterocycles. The molecular formula is C14H19FN2O3. The van der Waals surface area contributed by atoms with Crippen LogP contribution in [0.2, 0.25) is 0 Å². The summed E-state index contributed by atoms with van der Waals surface area (Å²) in [6.45, 7) is 2.19. The van der Waals surface area contributed by atoms with E-state index in [1.807, 2.05) is 0 Å². The molecule has 1 rings (SSSR count). The summed E-state index contributed by atoms with van der Waals surface area (Å²) in [4.78, 5) is 22.0. The first-order valence-electron chi connectivity index (χ1n) is 6.40. The summed E-state index contributed by atoms with van der Waals surface area (Å²) in [7, 11) is 0. The lowest BCUT2D eigenvalue weighted by atomic mass is 10.1. The van der Waals surface area contributed by atoms with Gasteiger partial charge in [0.2, 0.25) is 5.91 Å². The maximum atomic E-state index is 12.9. The van der Waals surface area contributed by atoms with E-state index in [2.05, 4.69) is 5.32 Å². The van der Waals surface area contributed by atoms with Crippen LogP contribution in [0.4, 0.5) is 4.39 Å². The van der Waals surface area contributed by atoms with Crippen LogP contribution in [-0.4, -0.2) is 29.6 Å². The minimum Gasteiger partial charge on any atom is -0.481 e. The van der Waals surface area contributed by atoms with Crippen molar-refractivity contribution in [2.75, 3.05) is 6.54 Å². The summed E-state index contributed by atoms with van der Waals surface area (Å²) in [6, 6.07) is 3.68. The summed E-state index contributed by atoms with van der Waals surface area (Å²) < 4.78 is 12.9. The number of hydrogen-bond donors (Lipinski definition) is 3. The van der Waals surface area contributed by atoms with Crippen molar-refractivity contribution in [1.29, 1.82) is 0 Å². The summed E-state index contributed by atoms with van der Waals surface area (Å²) >= 11 is 0. The molecule has 0 aliphatic carbocycles. The van der Waals surface area contributed by atoms with Crippen molar-refractivity contribution in [2.45, 2.75) is 32.2 Å². The van der Waals surface area contributed by atoms with Crippen LogP contribution < -0.4 is 11.1 Å². The molecule has 110 valence electrons. The lowest BCUT2D eigenvalue weighted by molar-refractivity contribution is -0.137. The Morgan fingerprint density at radius 3 is 2.75 bits per heavy atom. The Balaban J connectivity index is 2.36. The van der Waals surface area contributed by atoms with Gasteiger partial charge in [0.15, 0.2) is 0 Å². The number of aliphatic carboxylic acids is 1. The topological polar surface area (TPSA) is 92.4 Å². The second-order valence-corrected chi connectivity index (χ2v) is 4.65. The fourth-order valence-corrected chi connectivity index (χ4v) is 1.80. The zero-order valence-electron chi connectivity index (χ0n) is 11.4. The van der Waals surface area contributed by atoms with E-state index in [0.29, 0.717) is 13.0 Å². The largest absolute Gasteiger partial charge is 0.481 e. The van der Waals surface area contributed by atoms with Crippen molar-refractivity contribution in [1.82, 2.24) is 5.32 Å². The second kappa shape index (κ2) is 7.59. The fraction of sp³-hybridized carbons (Fsp3) is 0.429. The van der Waals surface area contributed by atoms with E-state index in [4.69, 9.17) is 10.8 Å². The number of nitrogens with two attached hydrogens (primary N) is 1. The zero-order valence-corrected chi connectivity index (χ0v) is 11.4. The lowest BCUT2D eigenvalue weighted by Crippen LogP contribution is -2.41. The standard InChI is InChI=1S/C14H19FN2O3/c1-9-8-11(15)3-2-10(9)6-7-17-14(20)12(16)4-5-13(18)19/h2-3,8,12H,4-7,16H2,1H3,(H,17,20)(H,18,19). The normalized spacial score (nSPS) is 11.9. The number of carbonyl (C=O) groups is 2. The molecule has 20 heavy (non-hydrogen) atoms. The average Bonchev–Trinajstić information content (AvgIpc) is 2.38. The first-order chi connectivity index (χ1) is 9.40. The molecule has 1 aromatic carbocycles. The summed E-state index contributed by atoms with van der Waals surface area (Å²) in [5, 5.41) is 11.1. The van der Waals surface area contributed by atoms with Crippen LogP contribution in [0.3, 0.4) is 0 Å². The van der Waals surface area contributed by atoms with Gasteiger partial charge < -0.3 is 16.2 Å². The van der Waals surface area contributed by atoms with Gasteiger partial charge in [-0.15, -0.1) is 0 Å². The number of carbonyl (C=O) groups excluding carboxylic acids is 1. The Hall–Kier alpha value is -1.95. The van der Waals surface area contributed by atoms with Gasteiger partial charge in [-0.3, -0.25) is 9.59 Å². The van der Waals surface area contributed by atoms with Gasteiger partial charge in [-0.25, -0.2) is 4.39 Å². The van der Waals surface area contributed by atoms with Gasteiger partial charge in [0.25, 0.3) is 0 Å². The van der Waals surface area contributed by atoms with E-state index in [0.717, 1.165) is 11.1 Å². The van der Waals surface area contributed by atoms with E-state index in [-0.39, 0.29) is 24.6 Å². The Kier molecular flexibility index (Phi) is 6.11. The van der Waals surface area contributed by atoms with Gasteiger partial charge >= 0.3 is 5.97 Å². The van der Waals surface area contributed by atoms with E-state index in [1.54, 1.807) is 13.0 Å². The van der Waals surface area contributed by atoms with Crippen molar-refractivity contribution in [3.63, 3.8) is 0 Å². The first kappa shape index (κ1) is 16.1. The predicted octanol–water partition coefficient (Wildman–Crippen LogP) is 0.985. The quantitative estimate of drug-likeness (QED) is 0.695. The van der Waals surface area contributed by atoms with Crippen molar-refractivity contribution in [3.05, 3.63) is 35.1 Å². The number of carboxylic acids is 1. The predicted molar refractivity (Wildman–Crippen MR) is 72.7 cm³/mol. The molecule has 0 bridgehead atoms. The Morgan fingerprint density at radius 2 is 2.15 bits per heavy atom. The highest BCUT2D eigenvalue weighted by atomic mass is 19.1.